The molecule has 0 aliphatic heterocycles. The first kappa shape index (κ1) is 16.8. The van der Waals surface area contributed by atoms with Gasteiger partial charge in [0.2, 0.25) is 0 Å². The van der Waals surface area contributed by atoms with Crippen molar-refractivity contribution in [3.63, 3.8) is 0 Å². The molecule has 114 valence electrons. The van der Waals surface area contributed by atoms with E-state index in [0.717, 1.165) is 37.9 Å². The van der Waals surface area contributed by atoms with Crippen molar-refractivity contribution in [2.45, 2.75) is 39.5 Å². The molecule has 0 aliphatic carbocycles. The Bertz CT molecular complexity index is 376. The van der Waals surface area contributed by atoms with Crippen LogP contribution < -0.4 is 10.1 Å². The van der Waals surface area contributed by atoms with E-state index in [2.05, 4.69) is 23.9 Å². The van der Waals surface area contributed by atoms with Gasteiger partial charge in [0.1, 0.15) is 5.75 Å². The Morgan fingerprint density at radius 1 is 1.15 bits per heavy atom. The third kappa shape index (κ3) is 6.80. The lowest BCUT2D eigenvalue weighted by atomic mass is 9.95. The van der Waals surface area contributed by atoms with E-state index < -0.39 is 6.36 Å². The number of alkyl halides is 3. The van der Waals surface area contributed by atoms with Crippen molar-refractivity contribution in [3.05, 3.63) is 29.8 Å². The summed E-state index contributed by atoms with van der Waals surface area (Å²) in [5, 5.41) is 3.32. The molecule has 2 nitrogen and oxygen atoms in total. The van der Waals surface area contributed by atoms with Gasteiger partial charge in [0.15, 0.2) is 0 Å². The molecule has 0 radical (unpaired) electrons. The molecule has 0 heterocycles. The van der Waals surface area contributed by atoms with Crippen LogP contribution in [0.2, 0.25) is 0 Å². The lowest BCUT2D eigenvalue weighted by Crippen LogP contribution is -2.24. The summed E-state index contributed by atoms with van der Waals surface area (Å²) in [5.41, 5.74) is 1.04. The molecular formula is C15H22F3NO. The van der Waals surface area contributed by atoms with Crippen LogP contribution in [0.3, 0.4) is 0 Å². The summed E-state index contributed by atoms with van der Waals surface area (Å²) < 4.78 is 40.0. The molecule has 0 saturated heterocycles. The highest BCUT2D eigenvalue weighted by Gasteiger charge is 2.30. The summed E-state index contributed by atoms with van der Waals surface area (Å²) in [6.07, 6.45) is -1.55. The topological polar surface area (TPSA) is 21.3 Å². The molecule has 5 heteroatoms. The minimum Gasteiger partial charge on any atom is -0.406 e. The van der Waals surface area contributed by atoms with Gasteiger partial charge in [0.05, 0.1) is 0 Å². The fourth-order valence-electron chi connectivity index (χ4n) is 2.19. The summed E-state index contributed by atoms with van der Waals surface area (Å²) >= 11 is 0. The number of nitrogens with one attached hydrogen (secondary N) is 1. The second-order valence-corrected chi connectivity index (χ2v) is 4.86. The molecule has 1 rings (SSSR count). The highest BCUT2D eigenvalue weighted by atomic mass is 19.4. The molecule has 0 amide bonds. The molecule has 0 saturated carbocycles. The van der Waals surface area contributed by atoms with Crippen molar-refractivity contribution in [2.24, 2.45) is 5.92 Å². The predicted molar refractivity (Wildman–Crippen MR) is 73.8 cm³/mol. The Kier molecular flexibility index (Phi) is 6.85. The number of benzene rings is 1. The first-order chi connectivity index (χ1) is 9.44. The zero-order valence-corrected chi connectivity index (χ0v) is 12.0. The van der Waals surface area contributed by atoms with E-state index in [1.165, 1.54) is 12.1 Å². The third-order valence-electron chi connectivity index (χ3n) is 3.06. The first-order valence-electron chi connectivity index (χ1n) is 7.00. The lowest BCUT2D eigenvalue weighted by Gasteiger charge is -2.17. The second-order valence-electron chi connectivity index (χ2n) is 4.86. The zero-order chi connectivity index (χ0) is 15.0. The molecule has 0 aliphatic rings. The molecule has 1 aromatic rings. The van der Waals surface area contributed by atoms with Crippen molar-refractivity contribution < 1.29 is 17.9 Å². The van der Waals surface area contributed by atoms with Gasteiger partial charge in [-0.05, 0) is 49.5 Å². The maximum Gasteiger partial charge on any atom is 0.573 e. The van der Waals surface area contributed by atoms with Crippen LogP contribution in [0, 0.1) is 5.92 Å². The third-order valence-corrected chi connectivity index (χ3v) is 3.06. The van der Waals surface area contributed by atoms with Crippen LogP contribution in [-0.4, -0.2) is 19.5 Å². The number of halogens is 3. The van der Waals surface area contributed by atoms with E-state index >= 15 is 0 Å². The van der Waals surface area contributed by atoms with Gasteiger partial charge in [-0.3, -0.25) is 0 Å². The Labute approximate surface area is 118 Å². The molecule has 0 aromatic heterocycles. The highest BCUT2D eigenvalue weighted by molar-refractivity contribution is 5.27. The van der Waals surface area contributed by atoms with Crippen molar-refractivity contribution >= 4 is 0 Å². The van der Waals surface area contributed by atoms with Gasteiger partial charge in [0.25, 0.3) is 0 Å². The smallest absolute Gasteiger partial charge is 0.406 e. The fourth-order valence-corrected chi connectivity index (χ4v) is 2.19. The molecule has 1 N–H and O–H groups in total. The molecular weight excluding hydrogens is 267 g/mol. The molecule has 1 atom stereocenters. The Morgan fingerprint density at radius 3 is 2.30 bits per heavy atom. The van der Waals surface area contributed by atoms with Crippen LogP contribution in [0.15, 0.2) is 24.3 Å². The average molecular weight is 289 g/mol. The molecule has 0 fully saturated rings. The SMILES string of the molecule is CCCC(CNCC)Cc1ccc(OC(F)(F)F)cc1. The summed E-state index contributed by atoms with van der Waals surface area (Å²) in [6, 6.07) is 6.16. The van der Waals surface area contributed by atoms with Gasteiger partial charge in [-0.1, -0.05) is 32.4 Å². The van der Waals surface area contributed by atoms with Crippen LogP contribution in [0.4, 0.5) is 13.2 Å². The Hall–Kier alpha value is -1.23. The molecule has 1 unspecified atom stereocenters. The summed E-state index contributed by atoms with van der Waals surface area (Å²) in [5.74, 6) is 0.342. The van der Waals surface area contributed by atoms with Crippen LogP contribution in [0.25, 0.3) is 0 Å². The molecule has 0 spiro atoms. The van der Waals surface area contributed by atoms with E-state index in [0.29, 0.717) is 5.92 Å². The second kappa shape index (κ2) is 8.15. The van der Waals surface area contributed by atoms with Crippen molar-refractivity contribution in [1.82, 2.24) is 5.32 Å². The first-order valence-corrected chi connectivity index (χ1v) is 7.00. The zero-order valence-electron chi connectivity index (χ0n) is 12.0. The molecule has 20 heavy (non-hydrogen) atoms. The van der Waals surface area contributed by atoms with Gasteiger partial charge in [-0.15, -0.1) is 13.2 Å². The maximum atomic E-state index is 12.1. The predicted octanol–water partition coefficient (Wildman–Crippen LogP) is 4.15. The monoisotopic (exact) mass is 289 g/mol. The largest absolute Gasteiger partial charge is 0.573 e. The van der Waals surface area contributed by atoms with Crippen LogP contribution in [-0.2, 0) is 6.42 Å². The number of hydrogen-bond donors (Lipinski definition) is 1. The molecule has 0 bridgehead atoms. The number of ether oxygens (including phenoxy) is 1. The lowest BCUT2D eigenvalue weighted by molar-refractivity contribution is -0.274. The van der Waals surface area contributed by atoms with Gasteiger partial charge >= 0.3 is 6.36 Å². The minimum atomic E-state index is -4.63. The number of rotatable bonds is 8. The van der Waals surface area contributed by atoms with E-state index in [1.807, 2.05) is 0 Å². The minimum absolute atomic E-state index is 0.167. The van der Waals surface area contributed by atoms with Crippen LogP contribution in [0.5, 0.6) is 5.75 Å². The van der Waals surface area contributed by atoms with Gasteiger partial charge in [0, 0.05) is 0 Å². The van der Waals surface area contributed by atoms with Crippen LogP contribution >= 0.6 is 0 Å². The maximum absolute atomic E-state index is 12.1. The Balaban J connectivity index is 2.58. The highest BCUT2D eigenvalue weighted by Crippen LogP contribution is 2.23. The van der Waals surface area contributed by atoms with Crippen molar-refractivity contribution in [3.8, 4) is 5.75 Å². The summed E-state index contributed by atoms with van der Waals surface area (Å²) in [7, 11) is 0. The van der Waals surface area contributed by atoms with E-state index in [-0.39, 0.29) is 5.75 Å². The standard InChI is InChI=1S/C15H22F3NO/c1-3-5-13(11-19-4-2)10-12-6-8-14(9-7-12)20-15(16,17)18/h6-9,13,19H,3-5,10-11H2,1-2H3. The van der Waals surface area contributed by atoms with E-state index in [1.54, 1.807) is 12.1 Å². The van der Waals surface area contributed by atoms with Gasteiger partial charge < -0.3 is 10.1 Å². The van der Waals surface area contributed by atoms with E-state index in [9.17, 15) is 13.2 Å². The Morgan fingerprint density at radius 2 is 1.80 bits per heavy atom. The summed E-state index contributed by atoms with van der Waals surface area (Å²) in [6.45, 7) is 6.06. The van der Waals surface area contributed by atoms with Gasteiger partial charge in [-0.25, -0.2) is 0 Å². The van der Waals surface area contributed by atoms with Crippen LogP contribution in [0.1, 0.15) is 32.3 Å². The molecule has 1 aromatic carbocycles. The van der Waals surface area contributed by atoms with E-state index in [4.69, 9.17) is 0 Å². The normalized spacial score (nSPS) is 13.2. The van der Waals surface area contributed by atoms with Crippen molar-refractivity contribution in [1.29, 1.82) is 0 Å². The average Bonchev–Trinajstić information content (AvgIpc) is 2.37. The summed E-state index contributed by atoms with van der Waals surface area (Å²) in [4.78, 5) is 0. The quantitative estimate of drug-likeness (QED) is 0.776. The fraction of sp³-hybridized carbons (Fsp3) is 0.600. The van der Waals surface area contributed by atoms with Crippen molar-refractivity contribution in [2.75, 3.05) is 13.1 Å². The number of hydrogen-bond acceptors (Lipinski definition) is 2. The van der Waals surface area contributed by atoms with Gasteiger partial charge in [-0.2, -0.15) is 0 Å².